The van der Waals surface area contributed by atoms with Gasteiger partial charge in [-0.05, 0) is 45.4 Å². The third-order valence-electron chi connectivity index (χ3n) is 2.88. The van der Waals surface area contributed by atoms with Gasteiger partial charge in [0.1, 0.15) is 11.6 Å². The molecule has 0 heterocycles. The van der Waals surface area contributed by atoms with E-state index in [1.165, 1.54) is 11.9 Å². The lowest BCUT2D eigenvalue weighted by Crippen LogP contribution is -2.45. The molecule has 0 radical (unpaired) electrons. The van der Waals surface area contributed by atoms with Crippen molar-refractivity contribution in [2.24, 2.45) is 0 Å². The van der Waals surface area contributed by atoms with Gasteiger partial charge in [0.25, 0.3) is 0 Å². The molecule has 0 aliphatic rings. The van der Waals surface area contributed by atoms with Crippen LogP contribution in [0.5, 0.6) is 0 Å². The van der Waals surface area contributed by atoms with E-state index in [1.54, 1.807) is 27.7 Å². The van der Waals surface area contributed by atoms with Gasteiger partial charge in [-0.3, -0.25) is 0 Å². The van der Waals surface area contributed by atoms with E-state index < -0.39 is 23.7 Å². The molecule has 7 heteroatoms. The van der Waals surface area contributed by atoms with Crippen LogP contribution in [-0.4, -0.2) is 36.6 Å². The Labute approximate surface area is 147 Å². The molecule has 0 fully saturated rings. The second-order valence-electron chi connectivity index (χ2n) is 6.16. The lowest BCUT2D eigenvalue weighted by atomic mass is 10.1. The molecular weight excluding hydrogens is 328 g/mol. The first-order valence-electron chi connectivity index (χ1n) is 7.79. The van der Waals surface area contributed by atoms with Crippen molar-refractivity contribution in [3.63, 3.8) is 0 Å². The van der Waals surface area contributed by atoms with Crippen LogP contribution in [0.3, 0.4) is 0 Å². The van der Waals surface area contributed by atoms with Crippen LogP contribution in [0.4, 0.5) is 10.5 Å². The third kappa shape index (κ3) is 7.59. The predicted molar refractivity (Wildman–Crippen MR) is 97.1 cm³/mol. The van der Waals surface area contributed by atoms with Gasteiger partial charge in [-0.1, -0.05) is 24.1 Å². The van der Waals surface area contributed by atoms with E-state index in [4.69, 9.17) is 9.47 Å². The van der Waals surface area contributed by atoms with Crippen LogP contribution in [0.1, 0.15) is 33.3 Å². The molecule has 1 aromatic carbocycles. The second kappa shape index (κ2) is 9.42. The number of alkyl carbamates (subject to hydrolysis) is 1. The van der Waals surface area contributed by atoms with Gasteiger partial charge in [0.15, 0.2) is 0 Å². The molecule has 1 aromatic rings. The zero-order valence-electron chi connectivity index (χ0n) is 14.8. The summed E-state index contributed by atoms with van der Waals surface area (Å²) in [6.07, 6.45) is 1.63. The number of carbonyl (C=O) groups is 2. The molecule has 1 rings (SSSR count). The fourth-order valence-corrected chi connectivity index (χ4v) is 2.32. The van der Waals surface area contributed by atoms with E-state index in [2.05, 4.69) is 10.0 Å². The standard InChI is InChI=1S/C17H26N2O4S/c1-6-22-15(20)14(18-16(21)23-17(2,3)4)11-12-7-9-13(10-8-12)19-24-5/h7-10,14,19H,6,11H2,1-5H3,(H,18,21)/t14-/m0/s1. The number of rotatable bonds is 7. The monoisotopic (exact) mass is 354 g/mol. The van der Waals surface area contributed by atoms with Crippen LogP contribution >= 0.6 is 11.9 Å². The van der Waals surface area contributed by atoms with Crippen molar-refractivity contribution in [2.45, 2.75) is 45.8 Å². The number of benzene rings is 1. The SMILES string of the molecule is CCOC(=O)[C@H](Cc1ccc(NSC)cc1)NC(=O)OC(C)(C)C. The molecule has 0 saturated carbocycles. The Kier molecular flexibility index (Phi) is 7.91. The average Bonchev–Trinajstić information content (AvgIpc) is 2.47. The second-order valence-corrected chi connectivity index (χ2v) is 6.77. The van der Waals surface area contributed by atoms with Gasteiger partial charge < -0.3 is 19.5 Å². The Morgan fingerprint density at radius 2 is 1.83 bits per heavy atom. The van der Waals surface area contributed by atoms with Gasteiger partial charge in [0.05, 0.1) is 6.61 Å². The maximum absolute atomic E-state index is 12.1. The Morgan fingerprint density at radius 3 is 2.33 bits per heavy atom. The first-order valence-corrected chi connectivity index (χ1v) is 9.01. The van der Waals surface area contributed by atoms with E-state index in [1.807, 2.05) is 30.5 Å². The summed E-state index contributed by atoms with van der Waals surface area (Å²) >= 11 is 1.50. The van der Waals surface area contributed by atoms with Crippen molar-refractivity contribution in [1.82, 2.24) is 5.32 Å². The smallest absolute Gasteiger partial charge is 0.408 e. The first kappa shape index (κ1) is 20.2. The Balaban J connectivity index is 2.78. The zero-order chi connectivity index (χ0) is 18.2. The fraction of sp³-hybridized carbons (Fsp3) is 0.529. The summed E-state index contributed by atoms with van der Waals surface area (Å²) in [7, 11) is 0. The van der Waals surface area contributed by atoms with Crippen molar-refractivity contribution in [2.75, 3.05) is 17.6 Å². The minimum absolute atomic E-state index is 0.252. The molecule has 0 unspecified atom stereocenters. The minimum atomic E-state index is -0.792. The summed E-state index contributed by atoms with van der Waals surface area (Å²) in [6.45, 7) is 7.28. The summed E-state index contributed by atoms with van der Waals surface area (Å²) in [6, 6.07) is 6.85. The molecule has 0 aromatic heterocycles. The number of hydrogen-bond donors (Lipinski definition) is 2. The Hall–Kier alpha value is -1.89. The van der Waals surface area contributed by atoms with Crippen molar-refractivity contribution in [3.05, 3.63) is 29.8 Å². The van der Waals surface area contributed by atoms with E-state index in [0.717, 1.165) is 11.3 Å². The normalized spacial score (nSPS) is 12.2. The number of amides is 1. The van der Waals surface area contributed by atoms with Crippen LogP contribution < -0.4 is 10.0 Å². The van der Waals surface area contributed by atoms with Gasteiger partial charge in [0.2, 0.25) is 0 Å². The summed E-state index contributed by atoms with van der Waals surface area (Å²) in [4.78, 5) is 24.1. The molecular formula is C17H26N2O4S. The van der Waals surface area contributed by atoms with Crippen molar-refractivity contribution >= 4 is 29.7 Å². The van der Waals surface area contributed by atoms with Gasteiger partial charge in [-0.15, -0.1) is 0 Å². The third-order valence-corrected chi connectivity index (χ3v) is 3.32. The van der Waals surface area contributed by atoms with E-state index in [0.29, 0.717) is 6.42 Å². The number of carbonyl (C=O) groups excluding carboxylic acids is 2. The predicted octanol–water partition coefficient (Wildman–Crippen LogP) is 3.38. The highest BCUT2D eigenvalue weighted by molar-refractivity contribution is 7.99. The van der Waals surface area contributed by atoms with Gasteiger partial charge in [-0.25, -0.2) is 9.59 Å². The van der Waals surface area contributed by atoms with Crippen molar-refractivity contribution < 1.29 is 19.1 Å². The topological polar surface area (TPSA) is 76.7 Å². The first-order chi connectivity index (χ1) is 11.2. The molecule has 1 atom stereocenters. The number of anilines is 1. The van der Waals surface area contributed by atoms with Gasteiger partial charge in [0, 0.05) is 18.4 Å². The highest BCUT2D eigenvalue weighted by Gasteiger charge is 2.25. The van der Waals surface area contributed by atoms with Crippen LogP contribution in [0.25, 0.3) is 0 Å². The molecule has 134 valence electrons. The number of esters is 1. The zero-order valence-corrected chi connectivity index (χ0v) is 15.7. The van der Waals surface area contributed by atoms with Crippen LogP contribution in [-0.2, 0) is 20.7 Å². The molecule has 0 aliphatic carbocycles. The summed E-state index contributed by atoms with van der Waals surface area (Å²) in [5.74, 6) is -0.477. The molecule has 24 heavy (non-hydrogen) atoms. The number of hydrogen-bond acceptors (Lipinski definition) is 6. The molecule has 1 amide bonds. The van der Waals surface area contributed by atoms with E-state index in [9.17, 15) is 9.59 Å². The van der Waals surface area contributed by atoms with E-state index in [-0.39, 0.29) is 6.61 Å². The van der Waals surface area contributed by atoms with Gasteiger partial charge >= 0.3 is 12.1 Å². The quantitative estimate of drug-likeness (QED) is 0.577. The molecule has 0 saturated heterocycles. The molecule has 2 N–H and O–H groups in total. The van der Waals surface area contributed by atoms with Crippen LogP contribution in [0, 0.1) is 0 Å². The largest absolute Gasteiger partial charge is 0.464 e. The van der Waals surface area contributed by atoms with Gasteiger partial charge in [-0.2, -0.15) is 0 Å². The highest BCUT2D eigenvalue weighted by atomic mass is 32.2. The van der Waals surface area contributed by atoms with Crippen LogP contribution in [0.2, 0.25) is 0 Å². The Bertz CT molecular complexity index is 541. The molecule has 0 bridgehead atoms. The lowest BCUT2D eigenvalue weighted by molar-refractivity contribution is -0.145. The highest BCUT2D eigenvalue weighted by Crippen LogP contribution is 2.14. The summed E-state index contributed by atoms with van der Waals surface area (Å²) in [5.41, 5.74) is 1.25. The lowest BCUT2D eigenvalue weighted by Gasteiger charge is -2.23. The van der Waals surface area contributed by atoms with E-state index >= 15 is 0 Å². The minimum Gasteiger partial charge on any atom is -0.464 e. The van der Waals surface area contributed by atoms with Crippen LogP contribution in [0.15, 0.2) is 24.3 Å². The summed E-state index contributed by atoms with van der Waals surface area (Å²) < 4.78 is 13.4. The molecule has 0 aliphatic heterocycles. The molecule has 0 spiro atoms. The Morgan fingerprint density at radius 1 is 1.21 bits per heavy atom. The maximum Gasteiger partial charge on any atom is 0.408 e. The fourth-order valence-electron chi connectivity index (χ4n) is 1.95. The van der Waals surface area contributed by atoms with Crippen molar-refractivity contribution in [3.8, 4) is 0 Å². The maximum atomic E-state index is 12.1. The molecule has 6 nitrogen and oxygen atoms in total. The average molecular weight is 354 g/mol. The number of nitrogens with one attached hydrogen (secondary N) is 2. The number of ether oxygens (including phenoxy) is 2. The van der Waals surface area contributed by atoms with Crippen molar-refractivity contribution in [1.29, 1.82) is 0 Å². The summed E-state index contributed by atoms with van der Waals surface area (Å²) in [5, 5.41) is 2.59.